The van der Waals surface area contributed by atoms with Gasteiger partial charge in [-0.3, -0.25) is 4.90 Å². The van der Waals surface area contributed by atoms with Gasteiger partial charge in [-0.1, -0.05) is 42.5 Å². The van der Waals surface area contributed by atoms with E-state index in [1.165, 1.54) is 28.1 Å². The first-order chi connectivity index (χ1) is 12.5. The van der Waals surface area contributed by atoms with Gasteiger partial charge >= 0.3 is 6.18 Å². The molecule has 5 heteroatoms. The molecule has 0 saturated carbocycles. The molecule has 1 unspecified atom stereocenters. The van der Waals surface area contributed by atoms with Gasteiger partial charge in [0.15, 0.2) is 0 Å². The Bertz CT molecular complexity index is 868. The fourth-order valence-electron chi connectivity index (χ4n) is 3.60. The van der Waals surface area contributed by atoms with Crippen molar-refractivity contribution >= 4 is 11.3 Å². The van der Waals surface area contributed by atoms with Crippen molar-refractivity contribution in [3.8, 4) is 0 Å². The van der Waals surface area contributed by atoms with E-state index in [1.54, 1.807) is 23.5 Å². The number of alkyl halides is 3. The van der Waals surface area contributed by atoms with Crippen LogP contribution in [0.5, 0.6) is 0 Å². The molecule has 0 bridgehead atoms. The Balaban J connectivity index is 1.69. The summed E-state index contributed by atoms with van der Waals surface area (Å²) < 4.78 is 38.7. The zero-order valence-electron chi connectivity index (χ0n) is 14.0. The largest absolute Gasteiger partial charge is 0.416 e. The van der Waals surface area contributed by atoms with Gasteiger partial charge in [0.25, 0.3) is 0 Å². The van der Waals surface area contributed by atoms with Gasteiger partial charge in [0.2, 0.25) is 0 Å². The molecule has 1 aromatic heterocycles. The highest BCUT2D eigenvalue weighted by Gasteiger charge is 2.32. The smallest absolute Gasteiger partial charge is 0.288 e. The maximum Gasteiger partial charge on any atom is 0.416 e. The molecule has 0 radical (unpaired) electrons. The lowest BCUT2D eigenvalue weighted by Gasteiger charge is -2.36. The van der Waals surface area contributed by atoms with E-state index in [9.17, 15) is 13.2 Å². The number of rotatable bonds is 3. The molecule has 26 heavy (non-hydrogen) atoms. The summed E-state index contributed by atoms with van der Waals surface area (Å²) in [5.41, 5.74) is 2.74. The van der Waals surface area contributed by atoms with E-state index in [2.05, 4.69) is 28.5 Å². The lowest BCUT2D eigenvalue weighted by Crippen LogP contribution is -2.34. The molecule has 0 N–H and O–H groups in total. The highest BCUT2D eigenvalue weighted by molar-refractivity contribution is 7.10. The minimum atomic E-state index is -4.30. The first-order valence-corrected chi connectivity index (χ1v) is 9.42. The van der Waals surface area contributed by atoms with Crippen LogP contribution >= 0.6 is 11.3 Å². The number of hydrogen-bond donors (Lipinski definition) is 0. The fourth-order valence-corrected chi connectivity index (χ4v) is 4.51. The topological polar surface area (TPSA) is 3.24 Å². The third kappa shape index (κ3) is 3.41. The highest BCUT2D eigenvalue weighted by Crippen LogP contribution is 2.39. The zero-order chi connectivity index (χ0) is 18.1. The Labute approximate surface area is 154 Å². The Hall–Kier alpha value is -2.11. The minimum absolute atomic E-state index is 0.00695. The zero-order valence-corrected chi connectivity index (χ0v) is 14.9. The van der Waals surface area contributed by atoms with E-state index in [0.717, 1.165) is 25.1 Å². The Kier molecular flexibility index (Phi) is 4.59. The molecule has 2 aromatic carbocycles. The van der Waals surface area contributed by atoms with Crippen molar-refractivity contribution in [3.05, 3.63) is 93.2 Å². The maximum atomic E-state index is 12.9. The van der Waals surface area contributed by atoms with Crippen molar-refractivity contribution in [2.24, 2.45) is 0 Å². The molecule has 0 saturated heterocycles. The summed E-state index contributed by atoms with van der Waals surface area (Å²) in [4.78, 5) is 3.69. The van der Waals surface area contributed by atoms with E-state index in [1.807, 2.05) is 18.2 Å². The van der Waals surface area contributed by atoms with Crippen molar-refractivity contribution in [2.75, 3.05) is 6.54 Å². The normalized spacial score (nSPS) is 17.9. The first kappa shape index (κ1) is 17.3. The molecule has 134 valence electrons. The highest BCUT2D eigenvalue weighted by atomic mass is 32.1. The average molecular weight is 373 g/mol. The standard InChI is InChI=1S/C21H18F3NS/c22-21(23,24)17-8-6-16(7-9-17)20-18-11-13-26-19(18)10-12-25(20)14-15-4-2-1-3-5-15/h1-9,11,13,20H,10,12,14H2. The first-order valence-electron chi connectivity index (χ1n) is 8.54. The van der Waals surface area contributed by atoms with Crippen LogP contribution in [-0.2, 0) is 19.1 Å². The second kappa shape index (κ2) is 6.89. The van der Waals surface area contributed by atoms with Gasteiger partial charge in [-0.25, -0.2) is 0 Å². The predicted octanol–water partition coefficient (Wildman–Crippen LogP) is 5.91. The van der Waals surface area contributed by atoms with Gasteiger partial charge in [0.1, 0.15) is 0 Å². The van der Waals surface area contributed by atoms with Crippen LogP contribution in [0.4, 0.5) is 13.2 Å². The lowest BCUT2D eigenvalue weighted by molar-refractivity contribution is -0.137. The molecule has 0 amide bonds. The second-order valence-electron chi connectivity index (χ2n) is 6.53. The molecular formula is C21H18F3NS. The molecule has 0 fully saturated rings. The van der Waals surface area contributed by atoms with Gasteiger partial charge in [-0.15, -0.1) is 11.3 Å². The van der Waals surface area contributed by atoms with E-state index >= 15 is 0 Å². The summed E-state index contributed by atoms with van der Waals surface area (Å²) in [5, 5.41) is 2.08. The summed E-state index contributed by atoms with van der Waals surface area (Å²) in [7, 11) is 0. The fraction of sp³-hybridized carbons (Fsp3) is 0.238. The van der Waals surface area contributed by atoms with Crippen LogP contribution in [0.15, 0.2) is 66.0 Å². The predicted molar refractivity (Wildman–Crippen MR) is 98.2 cm³/mol. The monoisotopic (exact) mass is 373 g/mol. The molecule has 1 atom stereocenters. The number of benzene rings is 2. The number of fused-ring (bicyclic) bond motifs is 1. The van der Waals surface area contributed by atoms with E-state index in [-0.39, 0.29) is 6.04 Å². The SMILES string of the molecule is FC(F)(F)c1ccc(C2c3ccsc3CCN2Cc2ccccc2)cc1. The Morgan fingerprint density at radius 3 is 2.38 bits per heavy atom. The van der Waals surface area contributed by atoms with Crippen LogP contribution in [-0.4, -0.2) is 11.4 Å². The van der Waals surface area contributed by atoms with Gasteiger partial charge < -0.3 is 0 Å². The summed E-state index contributed by atoms with van der Waals surface area (Å²) in [6.07, 6.45) is -3.32. The average Bonchev–Trinajstić information content (AvgIpc) is 3.10. The number of halogens is 3. The van der Waals surface area contributed by atoms with Crippen molar-refractivity contribution in [1.29, 1.82) is 0 Å². The Morgan fingerprint density at radius 1 is 0.962 bits per heavy atom. The van der Waals surface area contributed by atoms with Crippen LogP contribution in [0.25, 0.3) is 0 Å². The van der Waals surface area contributed by atoms with E-state index in [0.29, 0.717) is 0 Å². The van der Waals surface area contributed by atoms with Gasteiger partial charge in [-0.2, -0.15) is 13.2 Å². The number of hydrogen-bond acceptors (Lipinski definition) is 2. The molecule has 1 aliphatic rings. The van der Waals surface area contributed by atoms with Crippen LogP contribution in [0.2, 0.25) is 0 Å². The van der Waals surface area contributed by atoms with Gasteiger partial charge in [0, 0.05) is 18.0 Å². The molecule has 0 spiro atoms. The third-order valence-corrected chi connectivity index (χ3v) is 5.84. The molecular weight excluding hydrogens is 355 g/mol. The summed E-state index contributed by atoms with van der Waals surface area (Å²) >= 11 is 1.73. The second-order valence-corrected chi connectivity index (χ2v) is 7.53. The van der Waals surface area contributed by atoms with Crippen LogP contribution in [0.3, 0.4) is 0 Å². The summed E-state index contributed by atoms with van der Waals surface area (Å²) in [5.74, 6) is 0. The van der Waals surface area contributed by atoms with E-state index < -0.39 is 11.7 Å². The lowest BCUT2D eigenvalue weighted by atomic mass is 9.92. The van der Waals surface area contributed by atoms with Crippen LogP contribution < -0.4 is 0 Å². The molecule has 0 aliphatic carbocycles. The summed E-state index contributed by atoms with van der Waals surface area (Å²) in [6.45, 7) is 1.68. The number of nitrogens with zero attached hydrogens (tertiary/aromatic N) is 1. The molecule has 1 nitrogen and oxygen atoms in total. The minimum Gasteiger partial charge on any atom is -0.288 e. The van der Waals surface area contributed by atoms with Crippen molar-refractivity contribution in [1.82, 2.24) is 4.90 Å². The van der Waals surface area contributed by atoms with E-state index in [4.69, 9.17) is 0 Å². The molecule has 4 rings (SSSR count). The van der Waals surface area contributed by atoms with Crippen molar-refractivity contribution < 1.29 is 13.2 Å². The van der Waals surface area contributed by atoms with Gasteiger partial charge in [0.05, 0.1) is 11.6 Å². The Morgan fingerprint density at radius 2 is 1.69 bits per heavy atom. The van der Waals surface area contributed by atoms with Crippen LogP contribution in [0, 0.1) is 0 Å². The third-order valence-electron chi connectivity index (χ3n) is 4.85. The maximum absolute atomic E-state index is 12.9. The molecule has 3 aromatic rings. The molecule has 1 aliphatic heterocycles. The van der Waals surface area contributed by atoms with Crippen molar-refractivity contribution in [2.45, 2.75) is 25.2 Å². The van der Waals surface area contributed by atoms with Crippen molar-refractivity contribution in [3.63, 3.8) is 0 Å². The van der Waals surface area contributed by atoms with Gasteiger partial charge in [-0.05, 0) is 46.7 Å². The quantitative estimate of drug-likeness (QED) is 0.551. The molecule has 2 heterocycles. The number of thiophene rings is 1. The summed E-state index contributed by atoms with van der Waals surface area (Å²) in [6, 6.07) is 17.9. The van der Waals surface area contributed by atoms with Crippen LogP contribution in [0.1, 0.15) is 33.2 Å².